The molecule has 6 nitrogen and oxygen atoms in total. The van der Waals surface area contributed by atoms with Gasteiger partial charge in [-0.05, 0) is 30.2 Å². The molecule has 0 radical (unpaired) electrons. The molecule has 31 heavy (non-hydrogen) atoms. The van der Waals surface area contributed by atoms with Crippen LogP contribution in [0.2, 0.25) is 5.02 Å². The minimum Gasteiger partial charge on any atom is -0.460 e. The lowest BCUT2D eigenvalue weighted by Gasteiger charge is -2.35. The van der Waals surface area contributed by atoms with E-state index < -0.39 is 11.9 Å². The molecule has 0 fully saturated rings. The van der Waals surface area contributed by atoms with Crippen LogP contribution in [0.5, 0.6) is 0 Å². The van der Waals surface area contributed by atoms with Crippen molar-refractivity contribution in [3.05, 3.63) is 81.5 Å². The Balaban J connectivity index is 2.04. The molecule has 1 aliphatic rings. The number of nitrogens with zero attached hydrogens (tertiary/aromatic N) is 2. The third kappa shape index (κ3) is 4.96. The fraction of sp³-hybridized carbons (Fsp3) is 0.292. The molecule has 2 aromatic rings. The molecule has 1 amide bonds. The van der Waals surface area contributed by atoms with E-state index in [0.29, 0.717) is 33.0 Å². The van der Waals surface area contributed by atoms with E-state index in [-0.39, 0.29) is 32.1 Å². The van der Waals surface area contributed by atoms with Gasteiger partial charge in [-0.3, -0.25) is 4.79 Å². The second-order valence-electron chi connectivity index (χ2n) is 7.15. The maximum atomic E-state index is 13.1. The number of amides is 1. The first-order chi connectivity index (χ1) is 15.0. The number of hydrogen-bond donors (Lipinski definition) is 0. The Hall–Kier alpha value is -3.14. The lowest BCUT2D eigenvalue weighted by atomic mass is 9.83. The highest BCUT2D eigenvalue weighted by atomic mass is 35.5. The summed E-state index contributed by atoms with van der Waals surface area (Å²) in [7, 11) is 1.53. The monoisotopic (exact) mass is 438 g/mol. The zero-order valence-corrected chi connectivity index (χ0v) is 18.2. The minimum absolute atomic E-state index is 0.0739. The zero-order chi connectivity index (χ0) is 22.4. The molecular weight excluding hydrogens is 416 g/mol. The number of carbonyl (C=O) groups excluding carboxylic acids is 2. The van der Waals surface area contributed by atoms with Gasteiger partial charge in [0.2, 0.25) is 5.91 Å². The van der Waals surface area contributed by atoms with Crippen LogP contribution in [0.4, 0.5) is 0 Å². The predicted octanol–water partition coefficient (Wildman–Crippen LogP) is 4.19. The number of rotatable bonds is 7. The van der Waals surface area contributed by atoms with E-state index >= 15 is 0 Å². The quantitative estimate of drug-likeness (QED) is 0.478. The van der Waals surface area contributed by atoms with Crippen LogP contribution in [-0.2, 0) is 25.6 Å². The zero-order valence-electron chi connectivity index (χ0n) is 17.4. The molecule has 0 saturated heterocycles. The van der Waals surface area contributed by atoms with Crippen LogP contribution in [0, 0.1) is 11.3 Å². The maximum Gasteiger partial charge on any atom is 0.336 e. The van der Waals surface area contributed by atoms with Crippen LogP contribution < -0.4 is 0 Å². The van der Waals surface area contributed by atoms with Gasteiger partial charge in [0, 0.05) is 30.2 Å². The van der Waals surface area contributed by atoms with Gasteiger partial charge in [-0.2, -0.15) is 5.26 Å². The average Bonchev–Trinajstić information content (AvgIpc) is 2.77. The summed E-state index contributed by atoms with van der Waals surface area (Å²) in [6.07, 6.45) is 0.0739. The topological polar surface area (TPSA) is 79.6 Å². The SMILES string of the molecule is COCCOC(=O)C1=C(C)N(Cc2ccccc2C#N)C(=O)CC1c1ccccc1Cl. The number of hydrogen-bond acceptors (Lipinski definition) is 5. The number of benzene rings is 2. The summed E-state index contributed by atoms with van der Waals surface area (Å²) < 4.78 is 10.4. The molecule has 160 valence electrons. The Bertz CT molecular complexity index is 1060. The molecule has 3 rings (SSSR count). The van der Waals surface area contributed by atoms with E-state index in [4.69, 9.17) is 21.1 Å². The fourth-order valence-electron chi connectivity index (χ4n) is 3.72. The smallest absolute Gasteiger partial charge is 0.336 e. The van der Waals surface area contributed by atoms with E-state index in [2.05, 4.69) is 6.07 Å². The highest BCUT2D eigenvalue weighted by molar-refractivity contribution is 6.31. The molecule has 0 aliphatic carbocycles. The Kier molecular flexibility index (Phi) is 7.45. The lowest BCUT2D eigenvalue weighted by Crippen LogP contribution is -2.38. The summed E-state index contributed by atoms with van der Waals surface area (Å²) in [5.41, 5.74) is 2.78. The third-order valence-electron chi connectivity index (χ3n) is 5.31. The van der Waals surface area contributed by atoms with Crippen molar-refractivity contribution in [1.29, 1.82) is 5.26 Å². The van der Waals surface area contributed by atoms with Crippen molar-refractivity contribution < 1.29 is 19.1 Å². The molecule has 0 spiro atoms. The standard InChI is InChI=1S/C24H23ClN2O4/c1-16-23(24(29)31-12-11-30-2)20(19-9-5-6-10-21(19)25)13-22(28)27(16)15-18-8-4-3-7-17(18)14-26/h3-10,20H,11-13,15H2,1-2H3. The third-order valence-corrected chi connectivity index (χ3v) is 5.65. The van der Waals surface area contributed by atoms with Crippen LogP contribution in [0.1, 0.15) is 36.0 Å². The second kappa shape index (κ2) is 10.3. The van der Waals surface area contributed by atoms with Gasteiger partial charge >= 0.3 is 5.97 Å². The Morgan fingerprint density at radius 3 is 2.61 bits per heavy atom. The van der Waals surface area contributed by atoms with Crippen molar-refractivity contribution in [2.24, 2.45) is 0 Å². The predicted molar refractivity (Wildman–Crippen MR) is 116 cm³/mol. The number of ether oxygens (including phenoxy) is 2. The van der Waals surface area contributed by atoms with Crippen LogP contribution in [-0.4, -0.2) is 37.1 Å². The number of carbonyl (C=O) groups is 2. The Morgan fingerprint density at radius 2 is 1.90 bits per heavy atom. The molecular formula is C24H23ClN2O4. The highest BCUT2D eigenvalue weighted by Crippen LogP contribution is 2.40. The molecule has 1 aliphatic heterocycles. The average molecular weight is 439 g/mol. The van der Waals surface area contributed by atoms with Gasteiger partial charge in [-0.1, -0.05) is 48.0 Å². The van der Waals surface area contributed by atoms with Gasteiger partial charge in [0.1, 0.15) is 6.61 Å². The molecule has 0 bridgehead atoms. The molecule has 0 N–H and O–H groups in total. The largest absolute Gasteiger partial charge is 0.460 e. The summed E-state index contributed by atoms with van der Waals surface area (Å²) in [5, 5.41) is 9.88. The summed E-state index contributed by atoms with van der Waals surface area (Å²) in [5.74, 6) is -1.17. The van der Waals surface area contributed by atoms with Gasteiger partial charge in [0.05, 0.1) is 30.4 Å². The first-order valence-corrected chi connectivity index (χ1v) is 10.2. The minimum atomic E-state index is -0.515. The summed E-state index contributed by atoms with van der Waals surface area (Å²) in [4.78, 5) is 27.7. The number of methoxy groups -OCH3 is 1. The van der Waals surface area contributed by atoms with Crippen molar-refractivity contribution in [2.75, 3.05) is 20.3 Å². The molecule has 0 aromatic heterocycles. The van der Waals surface area contributed by atoms with Gasteiger partial charge in [-0.15, -0.1) is 0 Å². The van der Waals surface area contributed by atoms with Crippen molar-refractivity contribution >= 4 is 23.5 Å². The molecule has 7 heteroatoms. The van der Waals surface area contributed by atoms with Crippen LogP contribution in [0.15, 0.2) is 59.8 Å². The van der Waals surface area contributed by atoms with Crippen molar-refractivity contribution in [3.8, 4) is 6.07 Å². The first-order valence-electron chi connectivity index (χ1n) is 9.87. The normalized spacial score (nSPS) is 16.3. The number of allylic oxidation sites excluding steroid dienone is 1. The van der Waals surface area contributed by atoms with Gasteiger partial charge in [0.25, 0.3) is 0 Å². The first kappa shape index (κ1) is 22.5. The molecule has 1 heterocycles. The number of esters is 1. The van der Waals surface area contributed by atoms with Gasteiger partial charge < -0.3 is 14.4 Å². The van der Waals surface area contributed by atoms with Crippen LogP contribution >= 0.6 is 11.6 Å². The van der Waals surface area contributed by atoms with Crippen LogP contribution in [0.3, 0.4) is 0 Å². The van der Waals surface area contributed by atoms with Gasteiger partial charge in [-0.25, -0.2) is 4.79 Å². The van der Waals surface area contributed by atoms with Crippen LogP contribution in [0.25, 0.3) is 0 Å². The van der Waals surface area contributed by atoms with Crippen molar-refractivity contribution in [3.63, 3.8) is 0 Å². The number of nitriles is 1. The molecule has 1 atom stereocenters. The second-order valence-corrected chi connectivity index (χ2v) is 7.56. The number of halogens is 1. The van der Waals surface area contributed by atoms with E-state index in [0.717, 1.165) is 0 Å². The molecule has 2 aromatic carbocycles. The van der Waals surface area contributed by atoms with E-state index in [1.807, 2.05) is 18.2 Å². The maximum absolute atomic E-state index is 13.1. The lowest BCUT2D eigenvalue weighted by molar-refractivity contribution is -0.141. The van der Waals surface area contributed by atoms with E-state index in [9.17, 15) is 14.9 Å². The Morgan fingerprint density at radius 1 is 1.19 bits per heavy atom. The summed E-state index contributed by atoms with van der Waals surface area (Å²) in [6.45, 7) is 2.29. The van der Waals surface area contributed by atoms with Gasteiger partial charge in [0.15, 0.2) is 0 Å². The molecule has 1 unspecified atom stereocenters. The van der Waals surface area contributed by atoms with Crippen molar-refractivity contribution in [1.82, 2.24) is 4.90 Å². The van der Waals surface area contributed by atoms with E-state index in [1.54, 1.807) is 37.3 Å². The summed E-state index contributed by atoms with van der Waals surface area (Å²) >= 11 is 6.40. The Labute approximate surface area is 186 Å². The fourth-order valence-corrected chi connectivity index (χ4v) is 3.99. The highest BCUT2D eigenvalue weighted by Gasteiger charge is 2.37. The molecule has 0 saturated carbocycles. The van der Waals surface area contributed by atoms with Crippen molar-refractivity contribution in [2.45, 2.75) is 25.8 Å². The summed E-state index contributed by atoms with van der Waals surface area (Å²) in [6, 6.07) is 16.4. The van der Waals surface area contributed by atoms with E-state index in [1.165, 1.54) is 12.0 Å².